The van der Waals surface area contributed by atoms with Gasteiger partial charge in [-0.3, -0.25) is 0 Å². The van der Waals surface area contributed by atoms with E-state index < -0.39 is 0 Å². The molecule has 1 aliphatic heterocycles. The van der Waals surface area contributed by atoms with Crippen molar-refractivity contribution in [3.8, 4) is 17.2 Å². The molecule has 0 aliphatic carbocycles. The predicted octanol–water partition coefficient (Wildman–Crippen LogP) is 2.48. The second kappa shape index (κ2) is 5.96. The van der Waals surface area contributed by atoms with E-state index in [0.29, 0.717) is 6.54 Å². The number of benzene rings is 1. The third kappa shape index (κ3) is 2.70. The molecule has 1 heterocycles. The second-order valence-electron chi connectivity index (χ2n) is 4.41. The van der Waals surface area contributed by atoms with Crippen LogP contribution in [0.3, 0.4) is 0 Å². The Morgan fingerprint density at radius 1 is 1.22 bits per heavy atom. The summed E-state index contributed by atoms with van der Waals surface area (Å²) in [5, 5.41) is 0. The Bertz CT molecular complexity index is 402. The lowest BCUT2D eigenvalue weighted by Gasteiger charge is -2.18. The smallest absolute Gasteiger partial charge is 0.231 e. The van der Waals surface area contributed by atoms with Crippen LogP contribution in [0.4, 0.5) is 0 Å². The van der Waals surface area contributed by atoms with Gasteiger partial charge in [0, 0.05) is 6.07 Å². The molecule has 0 fully saturated rings. The van der Waals surface area contributed by atoms with Crippen molar-refractivity contribution < 1.29 is 14.2 Å². The van der Waals surface area contributed by atoms with Crippen LogP contribution in [0.25, 0.3) is 0 Å². The van der Waals surface area contributed by atoms with Crippen LogP contribution >= 0.6 is 0 Å². The Balaban J connectivity index is 2.26. The molecule has 0 amide bonds. The van der Waals surface area contributed by atoms with E-state index in [4.69, 9.17) is 19.9 Å². The van der Waals surface area contributed by atoms with Gasteiger partial charge >= 0.3 is 0 Å². The molecule has 0 saturated heterocycles. The second-order valence-corrected chi connectivity index (χ2v) is 4.41. The van der Waals surface area contributed by atoms with Crippen molar-refractivity contribution in [2.45, 2.75) is 39.2 Å². The van der Waals surface area contributed by atoms with Crippen molar-refractivity contribution in [3.05, 3.63) is 17.7 Å². The molecule has 2 rings (SSSR count). The minimum absolute atomic E-state index is 0.238. The molecule has 0 aromatic heterocycles. The van der Waals surface area contributed by atoms with Gasteiger partial charge in [0.25, 0.3) is 0 Å². The van der Waals surface area contributed by atoms with Crippen LogP contribution in [0.1, 0.15) is 32.3 Å². The lowest BCUT2D eigenvalue weighted by molar-refractivity contribution is 0.173. The Morgan fingerprint density at radius 2 is 1.89 bits per heavy atom. The standard InChI is InChI=1S/C14H21NO3/c1-3-11(4-2)18-12-8-14-13(16-9-17-14)7-10(12)5-6-15/h7-8,11H,3-6,9,15H2,1-2H3. The summed E-state index contributed by atoms with van der Waals surface area (Å²) in [6.45, 7) is 5.14. The van der Waals surface area contributed by atoms with E-state index in [1.54, 1.807) is 0 Å². The molecule has 0 bridgehead atoms. The summed E-state index contributed by atoms with van der Waals surface area (Å²) in [7, 11) is 0. The molecule has 4 heteroatoms. The number of rotatable bonds is 6. The van der Waals surface area contributed by atoms with Crippen molar-refractivity contribution in [1.82, 2.24) is 0 Å². The lowest BCUT2D eigenvalue weighted by atomic mass is 10.1. The maximum absolute atomic E-state index is 6.03. The molecule has 1 aromatic carbocycles. The van der Waals surface area contributed by atoms with E-state index in [2.05, 4.69) is 13.8 Å². The fraction of sp³-hybridized carbons (Fsp3) is 0.571. The van der Waals surface area contributed by atoms with Crippen LogP contribution in [0.2, 0.25) is 0 Å². The van der Waals surface area contributed by atoms with E-state index in [1.165, 1.54) is 0 Å². The van der Waals surface area contributed by atoms with Crippen LogP contribution in [-0.4, -0.2) is 19.4 Å². The number of ether oxygens (including phenoxy) is 3. The summed E-state index contributed by atoms with van der Waals surface area (Å²) < 4.78 is 16.8. The maximum atomic E-state index is 6.03. The minimum atomic E-state index is 0.238. The third-order valence-corrected chi connectivity index (χ3v) is 3.17. The first-order valence-corrected chi connectivity index (χ1v) is 6.57. The van der Waals surface area contributed by atoms with Gasteiger partial charge in [-0.15, -0.1) is 0 Å². The average Bonchev–Trinajstić information content (AvgIpc) is 2.83. The molecule has 1 aliphatic rings. The summed E-state index contributed by atoms with van der Waals surface area (Å²) in [5.41, 5.74) is 6.73. The van der Waals surface area contributed by atoms with Gasteiger partial charge in [-0.05, 0) is 37.4 Å². The van der Waals surface area contributed by atoms with Crippen molar-refractivity contribution in [2.75, 3.05) is 13.3 Å². The highest BCUT2D eigenvalue weighted by atomic mass is 16.7. The zero-order valence-corrected chi connectivity index (χ0v) is 11.1. The molecule has 0 atom stereocenters. The summed E-state index contributed by atoms with van der Waals surface area (Å²) in [4.78, 5) is 0. The molecule has 100 valence electrons. The number of fused-ring (bicyclic) bond motifs is 1. The highest BCUT2D eigenvalue weighted by molar-refractivity contribution is 5.52. The number of hydrogen-bond donors (Lipinski definition) is 1. The van der Waals surface area contributed by atoms with Gasteiger partial charge in [-0.25, -0.2) is 0 Å². The van der Waals surface area contributed by atoms with Crippen LogP contribution in [-0.2, 0) is 6.42 Å². The molecule has 2 N–H and O–H groups in total. The highest BCUT2D eigenvalue weighted by Crippen LogP contribution is 2.38. The normalized spacial score (nSPS) is 13.1. The highest BCUT2D eigenvalue weighted by Gasteiger charge is 2.19. The first kappa shape index (κ1) is 13.0. The molecule has 0 unspecified atom stereocenters. The molecular formula is C14H21NO3. The van der Waals surface area contributed by atoms with Gasteiger partial charge in [-0.1, -0.05) is 13.8 Å². The molecule has 1 aromatic rings. The summed E-state index contributed by atoms with van der Waals surface area (Å²) in [5.74, 6) is 2.42. The number of nitrogens with two attached hydrogens (primary N) is 1. The van der Waals surface area contributed by atoms with E-state index in [-0.39, 0.29) is 12.9 Å². The van der Waals surface area contributed by atoms with Crippen molar-refractivity contribution in [1.29, 1.82) is 0 Å². The Morgan fingerprint density at radius 3 is 2.50 bits per heavy atom. The SMILES string of the molecule is CCC(CC)Oc1cc2c(cc1CCN)OCO2. The van der Waals surface area contributed by atoms with E-state index in [0.717, 1.165) is 42.1 Å². The van der Waals surface area contributed by atoms with E-state index in [9.17, 15) is 0 Å². The fourth-order valence-electron chi connectivity index (χ4n) is 2.06. The fourth-order valence-corrected chi connectivity index (χ4v) is 2.06. The number of hydrogen-bond acceptors (Lipinski definition) is 4. The maximum Gasteiger partial charge on any atom is 0.231 e. The Hall–Kier alpha value is -1.42. The van der Waals surface area contributed by atoms with Crippen LogP contribution < -0.4 is 19.9 Å². The first-order chi connectivity index (χ1) is 8.78. The first-order valence-electron chi connectivity index (χ1n) is 6.57. The van der Waals surface area contributed by atoms with Gasteiger partial charge in [0.2, 0.25) is 6.79 Å². The molecular weight excluding hydrogens is 230 g/mol. The molecule has 0 saturated carbocycles. The van der Waals surface area contributed by atoms with Gasteiger partial charge in [0.05, 0.1) is 6.10 Å². The predicted molar refractivity (Wildman–Crippen MR) is 70.3 cm³/mol. The largest absolute Gasteiger partial charge is 0.490 e. The van der Waals surface area contributed by atoms with Crippen LogP contribution in [0.15, 0.2) is 12.1 Å². The van der Waals surface area contributed by atoms with Gasteiger partial charge in [0.1, 0.15) is 5.75 Å². The lowest BCUT2D eigenvalue weighted by Crippen LogP contribution is -2.15. The minimum Gasteiger partial charge on any atom is -0.490 e. The van der Waals surface area contributed by atoms with Gasteiger partial charge in [0.15, 0.2) is 11.5 Å². The molecule has 0 radical (unpaired) electrons. The zero-order valence-electron chi connectivity index (χ0n) is 11.1. The summed E-state index contributed by atoms with van der Waals surface area (Å²) in [6.07, 6.45) is 3.01. The van der Waals surface area contributed by atoms with Crippen molar-refractivity contribution in [2.24, 2.45) is 5.73 Å². The zero-order chi connectivity index (χ0) is 13.0. The summed E-state index contributed by atoms with van der Waals surface area (Å²) >= 11 is 0. The van der Waals surface area contributed by atoms with Crippen molar-refractivity contribution in [3.63, 3.8) is 0 Å². The third-order valence-electron chi connectivity index (χ3n) is 3.17. The monoisotopic (exact) mass is 251 g/mol. The van der Waals surface area contributed by atoms with E-state index >= 15 is 0 Å². The Kier molecular flexibility index (Phi) is 4.31. The van der Waals surface area contributed by atoms with Crippen molar-refractivity contribution >= 4 is 0 Å². The molecule has 18 heavy (non-hydrogen) atoms. The Labute approximate surface area is 108 Å². The summed E-state index contributed by atoms with van der Waals surface area (Å²) in [6, 6.07) is 3.90. The average molecular weight is 251 g/mol. The van der Waals surface area contributed by atoms with E-state index in [1.807, 2.05) is 12.1 Å². The van der Waals surface area contributed by atoms with Crippen LogP contribution in [0, 0.1) is 0 Å². The molecule has 0 spiro atoms. The van der Waals surface area contributed by atoms with Gasteiger partial charge in [-0.2, -0.15) is 0 Å². The topological polar surface area (TPSA) is 53.7 Å². The van der Waals surface area contributed by atoms with Crippen LogP contribution in [0.5, 0.6) is 17.2 Å². The quantitative estimate of drug-likeness (QED) is 0.844. The molecule has 4 nitrogen and oxygen atoms in total. The van der Waals surface area contributed by atoms with Gasteiger partial charge < -0.3 is 19.9 Å².